The van der Waals surface area contributed by atoms with E-state index >= 15 is 0 Å². The summed E-state index contributed by atoms with van der Waals surface area (Å²) in [6.07, 6.45) is 5.45. The molecular weight excluding hydrogens is 208 g/mol. The second-order valence-electron chi connectivity index (χ2n) is 4.88. The predicted molar refractivity (Wildman–Crippen MR) is 71.7 cm³/mol. The number of ether oxygens (including phenoxy) is 1. The molecule has 0 radical (unpaired) electrons. The van der Waals surface area contributed by atoms with E-state index in [0.29, 0.717) is 0 Å². The van der Waals surface area contributed by atoms with Crippen LogP contribution in [0.3, 0.4) is 0 Å². The SMILES string of the molecule is COc1ccc(C2CCCC2)c2ccccc12. The van der Waals surface area contributed by atoms with Gasteiger partial charge in [0.2, 0.25) is 0 Å². The first-order valence-electron chi connectivity index (χ1n) is 6.46. The molecule has 2 aromatic carbocycles. The van der Waals surface area contributed by atoms with Crippen LogP contribution in [0.1, 0.15) is 37.2 Å². The summed E-state index contributed by atoms with van der Waals surface area (Å²) in [6, 6.07) is 13.0. The zero-order valence-electron chi connectivity index (χ0n) is 10.3. The van der Waals surface area contributed by atoms with Crippen molar-refractivity contribution in [1.82, 2.24) is 0 Å². The molecule has 0 bridgehead atoms. The summed E-state index contributed by atoms with van der Waals surface area (Å²) < 4.78 is 5.45. The first-order valence-corrected chi connectivity index (χ1v) is 6.46. The van der Waals surface area contributed by atoms with Crippen LogP contribution in [0.5, 0.6) is 5.75 Å². The van der Waals surface area contributed by atoms with Crippen LogP contribution in [-0.4, -0.2) is 7.11 Å². The van der Waals surface area contributed by atoms with E-state index < -0.39 is 0 Å². The molecule has 2 aromatic rings. The van der Waals surface area contributed by atoms with Crippen molar-refractivity contribution in [2.75, 3.05) is 7.11 Å². The fourth-order valence-corrected chi connectivity index (χ4v) is 3.07. The van der Waals surface area contributed by atoms with Crippen LogP contribution in [-0.2, 0) is 0 Å². The Morgan fingerprint density at radius 3 is 2.35 bits per heavy atom. The number of fused-ring (bicyclic) bond motifs is 1. The highest BCUT2D eigenvalue weighted by molar-refractivity contribution is 5.91. The van der Waals surface area contributed by atoms with Gasteiger partial charge in [0.1, 0.15) is 5.75 Å². The predicted octanol–water partition coefficient (Wildman–Crippen LogP) is 4.51. The van der Waals surface area contributed by atoms with Crippen LogP contribution in [0.2, 0.25) is 0 Å². The van der Waals surface area contributed by atoms with E-state index in [9.17, 15) is 0 Å². The normalized spacial score (nSPS) is 16.5. The topological polar surface area (TPSA) is 9.23 Å². The van der Waals surface area contributed by atoms with Gasteiger partial charge in [-0.2, -0.15) is 0 Å². The highest BCUT2D eigenvalue weighted by atomic mass is 16.5. The van der Waals surface area contributed by atoms with Crippen molar-refractivity contribution in [1.29, 1.82) is 0 Å². The van der Waals surface area contributed by atoms with Gasteiger partial charge >= 0.3 is 0 Å². The summed E-state index contributed by atoms with van der Waals surface area (Å²) >= 11 is 0. The largest absolute Gasteiger partial charge is 0.496 e. The van der Waals surface area contributed by atoms with E-state index in [2.05, 4.69) is 36.4 Å². The average Bonchev–Trinajstić information content (AvgIpc) is 2.91. The van der Waals surface area contributed by atoms with E-state index in [1.54, 1.807) is 7.11 Å². The van der Waals surface area contributed by atoms with Crippen LogP contribution in [0.4, 0.5) is 0 Å². The maximum Gasteiger partial charge on any atom is 0.126 e. The van der Waals surface area contributed by atoms with E-state index in [1.807, 2.05) is 0 Å². The molecule has 88 valence electrons. The summed E-state index contributed by atoms with van der Waals surface area (Å²) in [7, 11) is 1.75. The molecule has 17 heavy (non-hydrogen) atoms. The molecule has 1 aliphatic rings. The van der Waals surface area contributed by atoms with Gasteiger partial charge in [-0.3, -0.25) is 0 Å². The van der Waals surface area contributed by atoms with Gasteiger partial charge in [-0.1, -0.05) is 43.2 Å². The lowest BCUT2D eigenvalue weighted by molar-refractivity contribution is 0.419. The third-order valence-corrected chi connectivity index (χ3v) is 3.93. The number of hydrogen-bond acceptors (Lipinski definition) is 1. The van der Waals surface area contributed by atoms with Crippen molar-refractivity contribution in [3.63, 3.8) is 0 Å². The van der Waals surface area contributed by atoms with Gasteiger partial charge in [-0.15, -0.1) is 0 Å². The van der Waals surface area contributed by atoms with Crippen molar-refractivity contribution in [3.05, 3.63) is 42.0 Å². The number of hydrogen-bond donors (Lipinski definition) is 0. The first kappa shape index (κ1) is 10.6. The zero-order valence-corrected chi connectivity index (χ0v) is 10.3. The molecule has 1 aliphatic carbocycles. The van der Waals surface area contributed by atoms with Gasteiger partial charge in [-0.25, -0.2) is 0 Å². The monoisotopic (exact) mass is 226 g/mol. The molecule has 1 nitrogen and oxygen atoms in total. The summed E-state index contributed by atoms with van der Waals surface area (Å²) in [4.78, 5) is 0. The molecular formula is C16H18O. The minimum atomic E-state index is 0.755. The van der Waals surface area contributed by atoms with E-state index in [0.717, 1.165) is 11.7 Å². The third kappa shape index (κ3) is 1.80. The third-order valence-electron chi connectivity index (χ3n) is 3.93. The maximum atomic E-state index is 5.45. The molecule has 1 saturated carbocycles. The average molecular weight is 226 g/mol. The fourth-order valence-electron chi connectivity index (χ4n) is 3.07. The molecule has 0 aliphatic heterocycles. The number of rotatable bonds is 2. The Balaban J connectivity index is 2.19. The van der Waals surface area contributed by atoms with Crippen molar-refractivity contribution in [2.24, 2.45) is 0 Å². The van der Waals surface area contributed by atoms with Gasteiger partial charge in [0.15, 0.2) is 0 Å². The van der Waals surface area contributed by atoms with Gasteiger partial charge in [0.25, 0.3) is 0 Å². The summed E-state index contributed by atoms with van der Waals surface area (Å²) in [6.45, 7) is 0. The zero-order chi connectivity index (χ0) is 11.7. The van der Waals surface area contributed by atoms with Crippen molar-refractivity contribution >= 4 is 10.8 Å². The molecule has 1 heteroatoms. The Bertz CT molecular complexity index is 524. The highest BCUT2D eigenvalue weighted by Crippen LogP contribution is 2.39. The molecule has 3 rings (SSSR count). The standard InChI is InChI=1S/C16H18O/c1-17-16-11-10-13(12-6-2-3-7-12)14-8-4-5-9-15(14)16/h4-5,8-12H,2-3,6-7H2,1H3. The Morgan fingerprint density at radius 1 is 0.941 bits per heavy atom. The summed E-state index contributed by atoms with van der Waals surface area (Å²) in [5, 5.41) is 2.62. The fraction of sp³-hybridized carbons (Fsp3) is 0.375. The minimum absolute atomic E-state index is 0.755. The quantitative estimate of drug-likeness (QED) is 0.732. The van der Waals surface area contributed by atoms with Crippen molar-refractivity contribution in [3.8, 4) is 5.75 Å². The maximum absolute atomic E-state index is 5.45. The second-order valence-corrected chi connectivity index (χ2v) is 4.88. The van der Waals surface area contributed by atoms with Gasteiger partial charge < -0.3 is 4.74 Å². The lowest BCUT2D eigenvalue weighted by Crippen LogP contribution is -1.95. The van der Waals surface area contributed by atoms with Crippen molar-refractivity contribution in [2.45, 2.75) is 31.6 Å². The lowest BCUT2D eigenvalue weighted by atomic mass is 9.92. The van der Waals surface area contributed by atoms with Crippen LogP contribution >= 0.6 is 0 Å². The Labute approximate surface area is 102 Å². The van der Waals surface area contributed by atoms with Crippen LogP contribution in [0, 0.1) is 0 Å². The van der Waals surface area contributed by atoms with Crippen LogP contribution < -0.4 is 4.74 Å². The second kappa shape index (κ2) is 4.40. The molecule has 0 amide bonds. The van der Waals surface area contributed by atoms with E-state index in [-0.39, 0.29) is 0 Å². The van der Waals surface area contributed by atoms with Gasteiger partial charge in [-0.05, 0) is 35.8 Å². The molecule has 1 fully saturated rings. The van der Waals surface area contributed by atoms with Gasteiger partial charge in [0.05, 0.1) is 7.11 Å². The number of benzene rings is 2. The van der Waals surface area contributed by atoms with Crippen LogP contribution in [0.25, 0.3) is 10.8 Å². The Hall–Kier alpha value is -1.50. The molecule has 0 unspecified atom stereocenters. The van der Waals surface area contributed by atoms with E-state index in [4.69, 9.17) is 4.74 Å². The molecule has 0 N–H and O–H groups in total. The van der Waals surface area contributed by atoms with E-state index in [1.165, 1.54) is 42.0 Å². The molecule has 0 spiro atoms. The first-order chi connectivity index (χ1) is 8.40. The molecule has 0 heterocycles. The van der Waals surface area contributed by atoms with Crippen molar-refractivity contribution < 1.29 is 4.74 Å². The smallest absolute Gasteiger partial charge is 0.126 e. The van der Waals surface area contributed by atoms with Crippen LogP contribution in [0.15, 0.2) is 36.4 Å². The number of methoxy groups -OCH3 is 1. The molecule has 0 saturated heterocycles. The van der Waals surface area contributed by atoms with Gasteiger partial charge in [0, 0.05) is 5.39 Å². The lowest BCUT2D eigenvalue weighted by Gasteiger charge is -2.15. The Kier molecular flexibility index (Phi) is 2.76. The molecule has 0 aromatic heterocycles. The molecule has 0 atom stereocenters. The minimum Gasteiger partial charge on any atom is -0.496 e. The summed E-state index contributed by atoms with van der Waals surface area (Å²) in [5.41, 5.74) is 1.51. The Morgan fingerprint density at radius 2 is 1.65 bits per heavy atom. The summed E-state index contributed by atoms with van der Waals surface area (Å²) in [5.74, 6) is 1.74. The highest BCUT2D eigenvalue weighted by Gasteiger charge is 2.19.